The zero-order valence-electron chi connectivity index (χ0n) is 17.1. The number of hydrogen-bond donors (Lipinski definition) is 2. The quantitative estimate of drug-likeness (QED) is 0.643. The third-order valence-corrected chi connectivity index (χ3v) is 4.03. The first kappa shape index (κ1) is 23.0. The molecule has 0 aliphatic heterocycles. The second-order valence-electron chi connectivity index (χ2n) is 6.72. The van der Waals surface area contributed by atoms with Crippen LogP contribution in [0.5, 0.6) is 11.8 Å². The maximum absolute atomic E-state index is 12.6. The molecule has 0 fully saturated rings. The molecule has 2 aromatic heterocycles. The third-order valence-electron chi connectivity index (χ3n) is 4.03. The van der Waals surface area contributed by atoms with Gasteiger partial charge in [0.15, 0.2) is 6.61 Å². The van der Waals surface area contributed by atoms with Crippen LogP contribution in [0.1, 0.15) is 42.7 Å². The molecule has 0 saturated heterocycles. The van der Waals surface area contributed by atoms with Gasteiger partial charge in [-0.2, -0.15) is 4.98 Å². The van der Waals surface area contributed by atoms with Crippen LogP contribution in [-0.4, -0.2) is 41.9 Å². The van der Waals surface area contributed by atoms with Gasteiger partial charge >= 0.3 is 0 Å². The van der Waals surface area contributed by atoms with Crippen molar-refractivity contribution in [2.75, 3.05) is 19.0 Å². The number of methoxy groups -OCH3 is 1. The average Bonchev–Trinajstić information content (AvgIpc) is 2.71. The highest BCUT2D eigenvalue weighted by molar-refractivity contribution is 5.97. The third kappa shape index (κ3) is 6.36. The van der Waals surface area contributed by atoms with Crippen LogP contribution in [-0.2, 0) is 4.79 Å². The number of carbonyl (C=O) groups is 2. The lowest BCUT2D eigenvalue weighted by Crippen LogP contribution is -2.27. The Hall–Kier alpha value is -3.30. The summed E-state index contributed by atoms with van der Waals surface area (Å²) in [5, 5.41) is 5.44. The number of ether oxygens (including phenoxy) is 2. The highest BCUT2D eigenvalue weighted by atomic mass is 19.3. The van der Waals surface area contributed by atoms with Gasteiger partial charge in [-0.05, 0) is 25.1 Å². The molecule has 162 valence electrons. The molecule has 2 N–H and O–H groups in total. The number of anilines is 1. The van der Waals surface area contributed by atoms with E-state index in [0.29, 0.717) is 11.1 Å². The van der Waals surface area contributed by atoms with Crippen molar-refractivity contribution in [2.45, 2.75) is 33.2 Å². The van der Waals surface area contributed by atoms with Crippen LogP contribution in [0.15, 0.2) is 30.5 Å². The minimum absolute atomic E-state index is 0.00547. The summed E-state index contributed by atoms with van der Waals surface area (Å²) in [4.78, 5) is 32.5. The molecule has 0 aliphatic carbocycles. The Kier molecular flexibility index (Phi) is 8.02. The maximum Gasteiger partial charge on any atom is 0.272 e. The number of rotatable bonds is 9. The summed E-state index contributed by atoms with van der Waals surface area (Å²) in [5.74, 6) is -0.419. The lowest BCUT2D eigenvalue weighted by molar-refractivity contribution is -0.118. The maximum atomic E-state index is 12.6. The van der Waals surface area contributed by atoms with E-state index in [4.69, 9.17) is 9.47 Å². The molecule has 8 nitrogen and oxygen atoms in total. The zero-order valence-corrected chi connectivity index (χ0v) is 17.1. The Bertz CT molecular complexity index is 893. The minimum atomic E-state index is -2.62. The first-order valence-electron chi connectivity index (χ1n) is 9.25. The predicted molar refractivity (Wildman–Crippen MR) is 106 cm³/mol. The summed E-state index contributed by atoms with van der Waals surface area (Å²) < 4.78 is 34.7. The van der Waals surface area contributed by atoms with Crippen molar-refractivity contribution in [3.05, 3.63) is 41.6 Å². The van der Waals surface area contributed by atoms with Crippen LogP contribution in [0, 0.1) is 5.92 Å². The molecule has 0 aromatic carbocycles. The number of aromatic nitrogens is 2. The molecule has 0 bridgehead atoms. The van der Waals surface area contributed by atoms with Crippen molar-refractivity contribution in [3.63, 3.8) is 0 Å². The topological polar surface area (TPSA) is 102 Å². The fourth-order valence-electron chi connectivity index (χ4n) is 2.42. The lowest BCUT2D eigenvalue weighted by Gasteiger charge is -2.17. The summed E-state index contributed by atoms with van der Waals surface area (Å²) in [7, 11) is 1.38. The minimum Gasteiger partial charge on any atom is -0.481 e. The highest BCUT2D eigenvalue weighted by Crippen LogP contribution is 2.26. The Morgan fingerprint density at radius 2 is 1.90 bits per heavy atom. The van der Waals surface area contributed by atoms with Crippen molar-refractivity contribution in [3.8, 4) is 11.8 Å². The van der Waals surface area contributed by atoms with E-state index in [1.807, 2.05) is 0 Å². The highest BCUT2D eigenvalue weighted by Gasteiger charge is 2.18. The van der Waals surface area contributed by atoms with E-state index in [9.17, 15) is 18.4 Å². The van der Waals surface area contributed by atoms with E-state index < -0.39 is 25.0 Å². The van der Waals surface area contributed by atoms with Crippen LogP contribution < -0.4 is 20.1 Å². The van der Waals surface area contributed by atoms with Gasteiger partial charge in [-0.1, -0.05) is 13.8 Å². The molecule has 2 aromatic rings. The van der Waals surface area contributed by atoms with Gasteiger partial charge in [-0.15, -0.1) is 0 Å². The fourth-order valence-corrected chi connectivity index (χ4v) is 2.42. The molecule has 2 rings (SSSR count). The van der Waals surface area contributed by atoms with Crippen molar-refractivity contribution >= 4 is 17.6 Å². The molecule has 0 saturated carbocycles. The predicted octanol–water partition coefficient (Wildman–Crippen LogP) is 3.21. The first-order chi connectivity index (χ1) is 14.2. The summed E-state index contributed by atoms with van der Waals surface area (Å²) >= 11 is 0. The molecular weight excluding hydrogens is 398 g/mol. The number of hydrogen-bond acceptors (Lipinski definition) is 6. The summed E-state index contributed by atoms with van der Waals surface area (Å²) in [6.07, 6.45) is -1.20. The van der Waals surface area contributed by atoms with Crippen molar-refractivity contribution < 1.29 is 27.8 Å². The number of pyridine rings is 2. The SMILES string of the molecule is COc1nc(OCC(F)F)ccc1C(C)NC(=O)c1ccnc(NC(=O)C(C)C)c1. The van der Waals surface area contributed by atoms with E-state index in [2.05, 4.69) is 20.6 Å². The van der Waals surface area contributed by atoms with Gasteiger partial charge < -0.3 is 20.1 Å². The molecule has 1 unspecified atom stereocenters. The van der Waals surface area contributed by atoms with Gasteiger partial charge in [0.1, 0.15) is 5.82 Å². The molecule has 10 heteroatoms. The summed E-state index contributed by atoms with van der Waals surface area (Å²) in [6.45, 7) is 4.44. The van der Waals surface area contributed by atoms with Gasteiger partial charge in [0.2, 0.25) is 17.7 Å². The summed E-state index contributed by atoms with van der Waals surface area (Å²) in [6, 6.07) is 5.49. The number of nitrogens with one attached hydrogen (secondary N) is 2. The van der Waals surface area contributed by atoms with E-state index in [0.717, 1.165) is 0 Å². The Labute approximate surface area is 173 Å². The molecule has 2 amide bonds. The largest absolute Gasteiger partial charge is 0.481 e. The van der Waals surface area contributed by atoms with E-state index in [1.54, 1.807) is 26.8 Å². The molecular formula is C20H24F2N4O4. The van der Waals surface area contributed by atoms with Crippen LogP contribution in [0.3, 0.4) is 0 Å². The number of carbonyl (C=O) groups excluding carboxylic acids is 2. The molecule has 0 aliphatic rings. The average molecular weight is 422 g/mol. The van der Waals surface area contributed by atoms with Gasteiger partial charge in [-0.25, -0.2) is 13.8 Å². The second-order valence-corrected chi connectivity index (χ2v) is 6.72. The normalized spacial score (nSPS) is 11.9. The van der Waals surface area contributed by atoms with E-state index in [-0.39, 0.29) is 29.4 Å². The van der Waals surface area contributed by atoms with Gasteiger partial charge in [0.05, 0.1) is 13.2 Å². The van der Waals surface area contributed by atoms with E-state index >= 15 is 0 Å². The fraction of sp³-hybridized carbons (Fsp3) is 0.400. The van der Waals surface area contributed by atoms with Crippen LogP contribution >= 0.6 is 0 Å². The molecule has 0 spiro atoms. The number of alkyl halides is 2. The van der Waals surface area contributed by atoms with Crippen LogP contribution in [0.4, 0.5) is 14.6 Å². The Balaban J connectivity index is 2.11. The Morgan fingerprint density at radius 1 is 1.17 bits per heavy atom. The van der Waals surface area contributed by atoms with Gasteiger partial charge in [-0.3, -0.25) is 9.59 Å². The molecule has 2 heterocycles. The van der Waals surface area contributed by atoms with Crippen molar-refractivity contribution in [1.29, 1.82) is 0 Å². The first-order valence-corrected chi connectivity index (χ1v) is 9.25. The van der Waals surface area contributed by atoms with Crippen molar-refractivity contribution in [1.82, 2.24) is 15.3 Å². The summed E-state index contributed by atoms with van der Waals surface area (Å²) in [5.41, 5.74) is 0.845. The number of amides is 2. The number of nitrogens with zero attached hydrogens (tertiary/aromatic N) is 2. The lowest BCUT2D eigenvalue weighted by atomic mass is 10.1. The van der Waals surface area contributed by atoms with Crippen LogP contribution in [0.2, 0.25) is 0 Å². The second kappa shape index (κ2) is 10.5. The monoisotopic (exact) mass is 422 g/mol. The van der Waals surface area contributed by atoms with Gasteiger partial charge in [0, 0.05) is 29.3 Å². The standard InChI is InChI=1S/C20H24F2N4O4/c1-11(2)18(27)25-16-9-13(7-8-23-16)19(28)24-12(3)14-5-6-17(26-20(14)29-4)30-10-15(21)22/h5-9,11-12,15H,10H2,1-4H3,(H,24,28)(H,23,25,27). The van der Waals surface area contributed by atoms with Gasteiger partial charge in [0.25, 0.3) is 12.3 Å². The van der Waals surface area contributed by atoms with Crippen molar-refractivity contribution in [2.24, 2.45) is 5.92 Å². The van der Waals surface area contributed by atoms with E-state index in [1.165, 1.54) is 31.5 Å². The smallest absolute Gasteiger partial charge is 0.272 e. The molecule has 0 radical (unpaired) electrons. The molecule has 1 atom stereocenters. The number of halogens is 2. The van der Waals surface area contributed by atoms with Crippen LogP contribution in [0.25, 0.3) is 0 Å². The molecule has 30 heavy (non-hydrogen) atoms. The zero-order chi connectivity index (χ0) is 22.3. The Morgan fingerprint density at radius 3 is 2.53 bits per heavy atom.